The average Bonchev–Trinajstić information content (AvgIpc) is 2.72. The molecule has 0 unspecified atom stereocenters. The maximum Gasteiger partial charge on any atom is 0.194 e. The Bertz CT molecular complexity index is 778. The molecule has 0 heterocycles. The van der Waals surface area contributed by atoms with Crippen molar-refractivity contribution in [3.63, 3.8) is 0 Å². The Morgan fingerprint density at radius 1 is 0.643 bits per heavy atom. The summed E-state index contributed by atoms with van der Waals surface area (Å²) in [6.07, 6.45) is 11.1. The fourth-order valence-electron chi connectivity index (χ4n) is 5.35. The maximum absolute atomic E-state index is 13.5. The SMILES string of the molecule is Fc1cc(-c2ccc(C3CCC(C4CC[CH]([RaH])CC4)CC3)cc2)cc(F)c1F. The fraction of sp³-hybridized carbons (Fsp3) is 0.500. The molecule has 2 aliphatic carbocycles. The topological polar surface area (TPSA) is 0 Å². The smallest absolute Gasteiger partial charge is 0.194 e. The van der Waals surface area contributed by atoms with Gasteiger partial charge in [0, 0.05) is 0 Å². The van der Waals surface area contributed by atoms with Crippen molar-refractivity contribution in [1.82, 2.24) is 0 Å². The monoisotopic (exact) mass is 598 g/mol. The van der Waals surface area contributed by atoms with Crippen LogP contribution < -0.4 is 0 Å². The van der Waals surface area contributed by atoms with Crippen LogP contribution in [0.1, 0.15) is 62.8 Å². The molecule has 2 aromatic rings. The summed E-state index contributed by atoms with van der Waals surface area (Å²) in [7, 11) is 0. The number of halogens is 3. The van der Waals surface area contributed by atoms with E-state index in [1.165, 1.54) is 56.9 Å². The van der Waals surface area contributed by atoms with Crippen molar-refractivity contribution in [2.75, 3.05) is 0 Å². The van der Waals surface area contributed by atoms with E-state index < -0.39 is 17.5 Å². The predicted molar refractivity (Wildman–Crippen MR) is 104 cm³/mol. The second kappa shape index (κ2) is 9.23. The van der Waals surface area contributed by atoms with Crippen LogP contribution in [0, 0.1) is 72.1 Å². The average molecular weight is 598 g/mol. The minimum atomic E-state index is -1.41. The van der Waals surface area contributed by atoms with Gasteiger partial charge < -0.3 is 0 Å². The van der Waals surface area contributed by atoms with Gasteiger partial charge in [0.05, 0.1) is 0 Å². The Hall–Kier alpha value is -0.302. The van der Waals surface area contributed by atoms with Gasteiger partial charge in [-0.3, -0.25) is 0 Å². The van der Waals surface area contributed by atoms with Crippen LogP contribution in [0.3, 0.4) is 0 Å². The van der Waals surface area contributed by atoms with E-state index in [1.54, 1.807) is 0 Å². The van der Waals surface area contributed by atoms with Crippen LogP contribution in [0.4, 0.5) is 13.2 Å². The summed E-state index contributed by atoms with van der Waals surface area (Å²) < 4.78 is 41.3. The van der Waals surface area contributed by atoms with Crippen molar-refractivity contribution in [1.29, 1.82) is 0 Å². The molecule has 0 spiro atoms. The number of rotatable bonds is 3. The van der Waals surface area contributed by atoms with E-state index in [2.05, 4.69) is 12.1 Å². The molecule has 0 N–H and O–H groups in total. The molecule has 0 bridgehead atoms. The molecular formula is C24H27F3Ra. The first kappa shape index (κ1) is 20.9. The van der Waals surface area contributed by atoms with Crippen molar-refractivity contribution >= 4 is 0 Å². The van der Waals surface area contributed by atoms with Gasteiger partial charge in [0.1, 0.15) is 0 Å². The Labute approximate surface area is 195 Å². The van der Waals surface area contributed by atoms with E-state index in [1.807, 2.05) is 12.1 Å². The van der Waals surface area contributed by atoms with E-state index in [0.29, 0.717) is 54.3 Å². The summed E-state index contributed by atoms with van der Waals surface area (Å²) in [6, 6.07) is 10.1. The molecule has 4 heteroatoms. The minimum absolute atomic E-state index is 0.378. The zero-order valence-electron chi connectivity index (χ0n) is 16.6. The molecule has 0 amide bonds. The van der Waals surface area contributed by atoms with Crippen molar-refractivity contribution in [3.05, 3.63) is 59.4 Å². The van der Waals surface area contributed by atoms with Gasteiger partial charge in [-0.25, -0.2) is 13.2 Å². The Morgan fingerprint density at radius 2 is 1.14 bits per heavy atom. The van der Waals surface area contributed by atoms with Gasteiger partial charge in [0.2, 0.25) is 0 Å². The van der Waals surface area contributed by atoms with Crippen molar-refractivity contribution in [2.24, 2.45) is 11.8 Å². The summed E-state index contributed by atoms with van der Waals surface area (Å²) in [6.45, 7) is 0. The Morgan fingerprint density at radius 3 is 1.68 bits per heavy atom. The summed E-state index contributed by atoms with van der Waals surface area (Å²) in [4.78, 5) is 0. The second-order valence-electron chi connectivity index (χ2n) is 9.01. The largest absolute Gasteiger partial charge is 0.204 e. The van der Waals surface area contributed by atoms with Crippen LogP contribution >= 0.6 is 0 Å². The van der Waals surface area contributed by atoms with Gasteiger partial charge in [0.25, 0.3) is 0 Å². The van der Waals surface area contributed by atoms with E-state index in [0.717, 1.165) is 30.5 Å². The quantitative estimate of drug-likeness (QED) is 0.326. The standard InChI is InChI=1S/C24H26F3.Ra.H/c25-22-14-21(15-23(26)24(22)27)20-12-10-19(11-13-20)18-8-6-17(7-9-18)16-4-2-1-3-5-16;;/h1,10-18H,2-9H2;;. The van der Waals surface area contributed by atoms with Crippen LogP contribution in [-0.2, 0) is 0 Å². The molecule has 0 saturated heterocycles. The molecule has 28 heavy (non-hydrogen) atoms. The number of hydrogen-bond donors (Lipinski definition) is 0. The summed E-state index contributed by atoms with van der Waals surface area (Å²) in [5, 5.41) is 0. The molecule has 2 saturated carbocycles. The minimum Gasteiger partial charge on any atom is -0.204 e. The van der Waals surface area contributed by atoms with Crippen LogP contribution in [0.25, 0.3) is 11.1 Å². The van der Waals surface area contributed by atoms with E-state index >= 15 is 0 Å². The molecule has 146 valence electrons. The third-order valence-electron chi connectivity index (χ3n) is 7.20. The summed E-state index contributed by atoms with van der Waals surface area (Å²) in [5.74, 6) is -1.21. The van der Waals surface area contributed by atoms with E-state index in [9.17, 15) is 13.2 Å². The van der Waals surface area contributed by atoms with Crippen LogP contribution in [0.5, 0.6) is 0 Å². The first-order chi connectivity index (χ1) is 13.5. The van der Waals surface area contributed by atoms with Gasteiger partial charge in [-0.05, 0) is 17.7 Å². The molecule has 0 atom stereocenters. The molecule has 0 radical (unpaired) electrons. The zero-order valence-corrected chi connectivity index (χ0v) is 24.8. The van der Waals surface area contributed by atoms with Crippen LogP contribution in [0.2, 0.25) is 0.959 Å². The molecule has 2 aromatic carbocycles. The zero-order chi connectivity index (χ0) is 19.7. The third-order valence-corrected chi connectivity index (χ3v) is 11.9. The second-order valence-corrected chi connectivity index (χ2v) is 15.7. The molecule has 0 nitrogen and oxygen atoms in total. The summed E-state index contributed by atoms with van der Waals surface area (Å²) in [5.41, 5.74) is 2.41. The van der Waals surface area contributed by atoms with E-state index in [-0.39, 0.29) is 0 Å². The Kier molecular flexibility index (Phi) is 6.91. The van der Waals surface area contributed by atoms with Crippen molar-refractivity contribution in [3.8, 4) is 11.1 Å². The fourth-order valence-corrected chi connectivity index (χ4v) is 8.09. The van der Waals surface area contributed by atoms with Crippen molar-refractivity contribution < 1.29 is 56.0 Å². The number of benzene rings is 2. The molecule has 2 aliphatic rings. The first-order valence-corrected chi connectivity index (χ1v) is 15.5. The summed E-state index contributed by atoms with van der Waals surface area (Å²) >= 11 is 0.699. The third kappa shape index (κ3) is 4.71. The van der Waals surface area contributed by atoms with Gasteiger partial charge in [-0.1, -0.05) is 0 Å². The van der Waals surface area contributed by atoms with Gasteiger partial charge in [-0.15, -0.1) is 0 Å². The van der Waals surface area contributed by atoms with Crippen LogP contribution in [-0.4, -0.2) is 0 Å². The van der Waals surface area contributed by atoms with Gasteiger partial charge in [0.15, 0.2) is 17.5 Å². The maximum atomic E-state index is 13.5. The molecular weight excluding hydrogens is 571 g/mol. The first-order valence-electron chi connectivity index (χ1n) is 10.8. The number of hydrogen-bond acceptors (Lipinski definition) is 0. The van der Waals surface area contributed by atoms with Crippen LogP contribution in [0.15, 0.2) is 36.4 Å². The van der Waals surface area contributed by atoms with Crippen molar-refractivity contribution in [2.45, 2.75) is 58.2 Å². The predicted octanol–water partition coefficient (Wildman–Crippen LogP) is 7.31. The van der Waals surface area contributed by atoms with E-state index in [4.69, 9.17) is 0 Å². The van der Waals surface area contributed by atoms with Gasteiger partial charge >= 0.3 is 148 Å². The molecule has 0 aliphatic heterocycles. The normalized spacial score (nSPS) is 28.2. The Balaban J connectivity index is 1.39. The molecule has 4 rings (SSSR count). The molecule has 0 aromatic heterocycles. The molecule has 2 fully saturated rings. The van der Waals surface area contributed by atoms with Gasteiger partial charge in [-0.2, -0.15) is 0 Å².